The molecule has 2 heterocycles. The van der Waals surface area contributed by atoms with Crippen LogP contribution in [-0.2, 0) is 12.8 Å². The number of halogens is 4. The summed E-state index contributed by atoms with van der Waals surface area (Å²) in [5.41, 5.74) is -0.996. The summed E-state index contributed by atoms with van der Waals surface area (Å²) < 4.78 is 57.9. The maximum Gasteiger partial charge on any atom is 0.419 e. The summed E-state index contributed by atoms with van der Waals surface area (Å²) >= 11 is 0. The minimum atomic E-state index is -4.79. The van der Waals surface area contributed by atoms with E-state index in [1.165, 1.54) is 24.7 Å². The highest BCUT2D eigenvalue weighted by Crippen LogP contribution is 2.32. The fourth-order valence-electron chi connectivity index (χ4n) is 1.86. The van der Waals surface area contributed by atoms with Crippen molar-refractivity contribution in [3.05, 3.63) is 59.9 Å². The third kappa shape index (κ3) is 3.47. The molecule has 0 unspecified atom stereocenters. The van der Waals surface area contributed by atoms with Gasteiger partial charge in [-0.05, 0) is 24.3 Å². The van der Waals surface area contributed by atoms with Crippen LogP contribution in [0.3, 0.4) is 0 Å². The van der Waals surface area contributed by atoms with Crippen LogP contribution in [0, 0.1) is 5.82 Å². The molecule has 124 valence electrons. The fraction of sp³-hybridized carbons (Fsp3) is 0.143. The van der Waals surface area contributed by atoms with Crippen molar-refractivity contribution in [3.63, 3.8) is 0 Å². The number of benzene rings is 1. The standard InChI is InChI=1S/C14H9F4N5O/c15-12-3-2-10(6-11(12)14(16,17)18)23-7-9(21-22-23)8-24-13-19-4-1-5-20-13/h1-7H,8H2. The van der Waals surface area contributed by atoms with Gasteiger partial charge >= 0.3 is 12.2 Å². The predicted octanol–water partition coefficient (Wildman–Crippen LogP) is 2.79. The maximum absolute atomic E-state index is 13.3. The second-order valence-corrected chi connectivity index (χ2v) is 4.64. The van der Waals surface area contributed by atoms with E-state index in [9.17, 15) is 17.6 Å². The molecule has 0 saturated heterocycles. The number of ether oxygens (including phenoxy) is 1. The Balaban J connectivity index is 1.78. The SMILES string of the molecule is Fc1ccc(-n2cc(COc3ncccn3)nn2)cc1C(F)(F)F. The molecule has 0 saturated carbocycles. The summed E-state index contributed by atoms with van der Waals surface area (Å²) in [6, 6.07) is 4.32. The Kier molecular flexibility index (Phi) is 4.11. The van der Waals surface area contributed by atoms with Crippen molar-refractivity contribution in [2.24, 2.45) is 0 Å². The fourth-order valence-corrected chi connectivity index (χ4v) is 1.86. The highest BCUT2D eigenvalue weighted by atomic mass is 19.4. The van der Waals surface area contributed by atoms with Gasteiger partial charge in [-0.2, -0.15) is 13.2 Å². The Labute approximate surface area is 132 Å². The monoisotopic (exact) mass is 339 g/mol. The van der Waals surface area contributed by atoms with Gasteiger partial charge in [0, 0.05) is 12.4 Å². The number of rotatable bonds is 4. The molecule has 0 N–H and O–H groups in total. The van der Waals surface area contributed by atoms with Crippen LogP contribution in [-0.4, -0.2) is 25.0 Å². The van der Waals surface area contributed by atoms with Crippen LogP contribution in [0.4, 0.5) is 17.6 Å². The summed E-state index contributed by atoms with van der Waals surface area (Å²) in [7, 11) is 0. The summed E-state index contributed by atoms with van der Waals surface area (Å²) in [5, 5.41) is 7.49. The van der Waals surface area contributed by atoms with E-state index in [0.29, 0.717) is 11.8 Å². The zero-order valence-electron chi connectivity index (χ0n) is 11.9. The van der Waals surface area contributed by atoms with Crippen LogP contribution >= 0.6 is 0 Å². The van der Waals surface area contributed by atoms with Gasteiger partial charge in [-0.3, -0.25) is 0 Å². The molecule has 3 rings (SSSR count). The summed E-state index contributed by atoms with van der Waals surface area (Å²) in [6.07, 6.45) is -0.430. The van der Waals surface area contributed by atoms with Crippen LogP contribution in [0.2, 0.25) is 0 Å². The second-order valence-electron chi connectivity index (χ2n) is 4.64. The number of alkyl halides is 3. The first-order valence-electron chi connectivity index (χ1n) is 6.61. The van der Waals surface area contributed by atoms with Gasteiger partial charge in [-0.15, -0.1) is 5.10 Å². The Bertz CT molecular complexity index is 835. The Morgan fingerprint density at radius 2 is 1.88 bits per heavy atom. The van der Waals surface area contributed by atoms with Crippen LogP contribution < -0.4 is 4.74 Å². The molecule has 0 radical (unpaired) electrons. The molecule has 0 aliphatic heterocycles. The van der Waals surface area contributed by atoms with E-state index in [2.05, 4.69) is 20.3 Å². The largest absolute Gasteiger partial charge is 0.457 e. The molecule has 1 aromatic carbocycles. The molecular weight excluding hydrogens is 330 g/mol. The van der Waals surface area contributed by atoms with Crippen molar-refractivity contribution in [3.8, 4) is 11.7 Å². The van der Waals surface area contributed by atoms with Crippen LogP contribution in [0.25, 0.3) is 5.69 Å². The number of aromatic nitrogens is 5. The van der Waals surface area contributed by atoms with Crippen LogP contribution in [0.5, 0.6) is 6.01 Å². The summed E-state index contributed by atoms with van der Waals surface area (Å²) in [6.45, 7) is -0.0165. The molecule has 0 aliphatic carbocycles. The lowest BCUT2D eigenvalue weighted by molar-refractivity contribution is -0.140. The van der Waals surface area contributed by atoms with Gasteiger partial charge in [-0.25, -0.2) is 19.0 Å². The minimum Gasteiger partial charge on any atom is -0.457 e. The molecule has 10 heteroatoms. The van der Waals surface area contributed by atoms with Crippen molar-refractivity contribution in [1.82, 2.24) is 25.0 Å². The molecule has 2 aromatic heterocycles. The second kappa shape index (κ2) is 6.22. The van der Waals surface area contributed by atoms with Crippen molar-refractivity contribution in [2.75, 3.05) is 0 Å². The van der Waals surface area contributed by atoms with Gasteiger partial charge in [-0.1, -0.05) is 5.21 Å². The molecule has 3 aromatic rings. The predicted molar refractivity (Wildman–Crippen MR) is 72.7 cm³/mol. The van der Waals surface area contributed by atoms with Gasteiger partial charge in [0.15, 0.2) is 0 Å². The summed E-state index contributed by atoms with van der Waals surface area (Å²) in [4.78, 5) is 7.70. The maximum atomic E-state index is 13.3. The zero-order valence-corrected chi connectivity index (χ0v) is 11.9. The number of hydrogen-bond acceptors (Lipinski definition) is 5. The lowest BCUT2D eigenvalue weighted by Crippen LogP contribution is -2.09. The third-order valence-electron chi connectivity index (χ3n) is 2.95. The number of nitrogens with zero attached hydrogens (tertiary/aromatic N) is 5. The Morgan fingerprint density at radius 3 is 2.58 bits per heavy atom. The first-order valence-corrected chi connectivity index (χ1v) is 6.61. The molecule has 0 atom stereocenters. The quantitative estimate of drug-likeness (QED) is 0.684. The van der Waals surface area contributed by atoms with Crippen molar-refractivity contribution < 1.29 is 22.3 Å². The van der Waals surface area contributed by atoms with Crippen LogP contribution in [0.1, 0.15) is 11.3 Å². The van der Waals surface area contributed by atoms with E-state index in [1.54, 1.807) is 6.07 Å². The van der Waals surface area contributed by atoms with Gasteiger partial charge in [0.1, 0.15) is 18.1 Å². The third-order valence-corrected chi connectivity index (χ3v) is 2.95. The average Bonchev–Trinajstić information content (AvgIpc) is 3.02. The minimum absolute atomic E-state index is 0.0165. The zero-order chi connectivity index (χ0) is 17.2. The van der Waals surface area contributed by atoms with E-state index in [4.69, 9.17) is 4.74 Å². The van der Waals surface area contributed by atoms with E-state index in [1.807, 2.05) is 0 Å². The molecule has 0 bridgehead atoms. The molecule has 6 nitrogen and oxygen atoms in total. The highest BCUT2D eigenvalue weighted by molar-refractivity contribution is 5.37. The Morgan fingerprint density at radius 1 is 1.12 bits per heavy atom. The number of hydrogen-bond donors (Lipinski definition) is 0. The lowest BCUT2D eigenvalue weighted by Gasteiger charge is -2.09. The van der Waals surface area contributed by atoms with Crippen molar-refractivity contribution in [1.29, 1.82) is 0 Å². The molecule has 0 fully saturated rings. The topological polar surface area (TPSA) is 65.7 Å². The molecule has 24 heavy (non-hydrogen) atoms. The summed E-state index contributed by atoms with van der Waals surface area (Å²) in [5.74, 6) is -1.35. The first kappa shape index (κ1) is 15.8. The van der Waals surface area contributed by atoms with Gasteiger partial charge < -0.3 is 4.74 Å². The molecule has 0 amide bonds. The van der Waals surface area contributed by atoms with E-state index >= 15 is 0 Å². The van der Waals surface area contributed by atoms with Gasteiger partial charge in [0.2, 0.25) is 0 Å². The van der Waals surface area contributed by atoms with Crippen molar-refractivity contribution in [2.45, 2.75) is 12.8 Å². The highest BCUT2D eigenvalue weighted by Gasteiger charge is 2.34. The average molecular weight is 339 g/mol. The van der Waals surface area contributed by atoms with Gasteiger partial charge in [0.25, 0.3) is 0 Å². The van der Waals surface area contributed by atoms with E-state index in [-0.39, 0.29) is 18.3 Å². The smallest absolute Gasteiger partial charge is 0.419 e. The molecule has 0 aliphatic rings. The molecular formula is C14H9F4N5O. The van der Waals surface area contributed by atoms with E-state index < -0.39 is 17.6 Å². The Hall–Kier alpha value is -3.04. The normalized spacial score (nSPS) is 11.5. The van der Waals surface area contributed by atoms with Gasteiger partial charge in [0.05, 0.1) is 17.4 Å². The molecule has 0 spiro atoms. The lowest BCUT2D eigenvalue weighted by atomic mass is 10.2. The van der Waals surface area contributed by atoms with Crippen LogP contribution in [0.15, 0.2) is 42.9 Å². The van der Waals surface area contributed by atoms with Crippen molar-refractivity contribution >= 4 is 0 Å². The van der Waals surface area contributed by atoms with E-state index in [0.717, 1.165) is 10.7 Å². The first-order chi connectivity index (χ1) is 11.4.